The maximum Gasteiger partial charge on any atom is 0.316 e. The molecule has 0 spiro atoms. The monoisotopic (exact) mass is 363 g/mol. The van der Waals surface area contributed by atoms with Gasteiger partial charge in [0.1, 0.15) is 5.75 Å². The van der Waals surface area contributed by atoms with E-state index in [0.717, 1.165) is 0 Å². The number of carbonyl (C=O) groups is 1. The van der Waals surface area contributed by atoms with Crippen LogP contribution in [0.25, 0.3) is 0 Å². The summed E-state index contributed by atoms with van der Waals surface area (Å²) in [6.07, 6.45) is 0. The number of nitrogens with one attached hydrogen (secondary N) is 1. The number of amides is 1. The first-order valence-electron chi connectivity index (χ1n) is 7.97. The molecule has 0 saturated carbocycles. The van der Waals surface area contributed by atoms with Crippen molar-refractivity contribution in [3.8, 4) is 11.8 Å². The minimum absolute atomic E-state index is 0.298. The number of benzene rings is 1. The molecule has 1 amide bonds. The first-order chi connectivity index (χ1) is 11.7. The molecule has 7 heteroatoms. The number of aromatic nitrogens is 2. The maximum atomic E-state index is 12.7. The van der Waals surface area contributed by atoms with E-state index in [4.69, 9.17) is 21.1 Å². The fourth-order valence-electron chi connectivity index (χ4n) is 2.17. The first-order valence-corrected chi connectivity index (χ1v) is 8.35. The summed E-state index contributed by atoms with van der Waals surface area (Å²) in [5, 5.41) is 3.45. The molecule has 2 rings (SSSR count). The van der Waals surface area contributed by atoms with E-state index in [1.165, 1.54) is 0 Å². The summed E-state index contributed by atoms with van der Waals surface area (Å²) in [6.45, 7) is 9.31. The number of ether oxygens (including phenoxy) is 2. The molecule has 0 bridgehead atoms. The van der Waals surface area contributed by atoms with Crippen molar-refractivity contribution in [1.82, 2.24) is 9.97 Å². The van der Waals surface area contributed by atoms with Gasteiger partial charge in [0, 0.05) is 5.02 Å². The van der Waals surface area contributed by atoms with Crippen LogP contribution in [0.3, 0.4) is 0 Å². The van der Waals surface area contributed by atoms with Gasteiger partial charge in [-0.25, -0.2) is 0 Å². The van der Waals surface area contributed by atoms with Gasteiger partial charge < -0.3 is 14.8 Å². The highest BCUT2D eigenvalue weighted by atomic mass is 35.5. The Hall–Kier alpha value is -2.34. The van der Waals surface area contributed by atoms with E-state index in [1.807, 2.05) is 6.92 Å². The zero-order valence-corrected chi connectivity index (χ0v) is 15.8. The van der Waals surface area contributed by atoms with Gasteiger partial charge in [-0.05, 0) is 58.9 Å². The van der Waals surface area contributed by atoms with Crippen LogP contribution in [0.2, 0.25) is 5.02 Å². The van der Waals surface area contributed by atoms with E-state index >= 15 is 0 Å². The van der Waals surface area contributed by atoms with E-state index in [9.17, 15) is 4.79 Å². The van der Waals surface area contributed by atoms with Crippen LogP contribution < -0.4 is 14.8 Å². The molecule has 0 saturated heterocycles. The Balaban J connectivity index is 2.16. The fraction of sp³-hybridized carbons (Fsp3) is 0.389. The molecule has 0 aliphatic heterocycles. The Morgan fingerprint density at radius 1 is 1.16 bits per heavy atom. The second-order valence-electron chi connectivity index (χ2n) is 6.01. The van der Waals surface area contributed by atoms with Crippen LogP contribution in [-0.4, -0.2) is 28.1 Å². The number of nitrogens with zero attached hydrogens (tertiary/aromatic N) is 2. The molecule has 134 valence electrons. The van der Waals surface area contributed by atoms with Crippen LogP contribution in [-0.2, 0) is 4.79 Å². The summed E-state index contributed by atoms with van der Waals surface area (Å²) < 4.78 is 11.1. The Morgan fingerprint density at radius 3 is 2.24 bits per heavy atom. The second kappa shape index (κ2) is 7.70. The topological polar surface area (TPSA) is 73.3 Å². The van der Waals surface area contributed by atoms with Crippen molar-refractivity contribution in [2.75, 3.05) is 11.9 Å². The minimum Gasteiger partial charge on any atom is -0.478 e. The molecule has 0 atom stereocenters. The number of halogens is 1. The molecule has 1 heterocycles. The molecule has 1 aromatic carbocycles. The summed E-state index contributed by atoms with van der Waals surface area (Å²) >= 11 is 5.86. The van der Waals surface area contributed by atoms with Crippen molar-refractivity contribution in [2.45, 2.75) is 40.2 Å². The average Bonchev–Trinajstić information content (AvgIpc) is 2.53. The molecule has 0 aliphatic carbocycles. The zero-order valence-electron chi connectivity index (χ0n) is 15.0. The van der Waals surface area contributed by atoms with E-state index in [2.05, 4.69) is 15.3 Å². The zero-order chi connectivity index (χ0) is 18.6. The van der Waals surface area contributed by atoms with Gasteiger partial charge >= 0.3 is 6.01 Å². The van der Waals surface area contributed by atoms with Crippen molar-refractivity contribution < 1.29 is 14.3 Å². The standard InChI is InChI=1S/C18H22ClN3O3/c1-6-24-17-20-11(2)15(12(3)21-17)22-16(23)18(4,5)25-14-9-7-13(19)8-10-14/h7-10H,6H2,1-5H3,(H,22,23). The quantitative estimate of drug-likeness (QED) is 0.841. The lowest BCUT2D eigenvalue weighted by Gasteiger charge is -2.26. The highest BCUT2D eigenvalue weighted by Gasteiger charge is 2.31. The lowest BCUT2D eigenvalue weighted by atomic mass is 10.1. The summed E-state index contributed by atoms with van der Waals surface area (Å²) in [5.74, 6) is 0.252. The van der Waals surface area contributed by atoms with Gasteiger partial charge in [0.25, 0.3) is 5.91 Å². The number of aryl methyl sites for hydroxylation is 2. The van der Waals surface area contributed by atoms with Crippen molar-refractivity contribution in [3.63, 3.8) is 0 Å². The van der Waals surface area contributed by atoms with Gasteiger partial charge in [-0.2, -0.15) is 9.97 Å². The van der Waals surface area contributed by atoms with Crippen LogP contribution in [0.5, 0.6) is 11.8 Å². The number of anilines is 1. The van der Waals surface area contributed by atoms with Gasteiger partial charge in [-0.15, -0.1) is 0 Å². The Labute approximate surface area is 152 Å². The minimum atomic E-state index is -1.09. The van der Waals surface area contributed by atoms with Crippen molar-refractivity contribution in [3.05, 3.63) is 40.7 Å². The molecule has 0 unspecified atom stereocenters. The SMILES string of the molecule is CCOc1nc(C)c(NC(=O)C(C)(C)Oc2ccc(Cl)cc2)c(C)n1. The van der Waals surface area contributed by atoms with E-state index < -0.39 is 5.60 Å². The largest absolute Gasteiger partial charge is 0.478 e. The molecule has 0 aliphatic rings. The van der Waals surface area contributed by atoms with Gasteiger partial charge in [0.05, 0.1) is 23.7 Å². The molecule has 2 aromatic rings. The van der Waals surface area contributed by atoms with Crippen LogP contribution in [0, 0.1) is 13.8 Å². The van der Waals surface area contributed by atoms with E-state index in [-0.39, 0.29) is 5.91 Å². The second-order valence-corrected chi connectivity index (χ2v) is 6.44. The molecular weight excluding hydrogens is 342 g/mol. The molecule has 0 fully saturated rings. The third-order valence-electron chi connectivity index (χ3n) is 3.50. The highest BCUT2D eigenvalue weighted by Crippen LogP contribution is 2.24. The number of carbonyl (C=O) groups excluding carboxylic acids is 1. The maximum absolute atomic E-state index is 12.7. The lowest BCUT2D eigenvalue weighted by molar-refractivity contribution is -0.128. The van der Waals surface area contributed by atoms with Gasteiger partial charge in [-0.1, -0.05) is 11.6 Å². The molecule has 6 nitrogen and oxygen atoms in total. The van der Waals surface area contributed by atoms with Crippen molar-refractivity contribution in [2.24, 2.45) is 0 Å². The summed E-state index contributed by atoms with van der Waals surface area (Å²) in [5.41, 5.74) is 0.727. The van der Waals surface area contributed by atoms with Gasteiger partial charge in [0.2, 0.25) is 0 Å². The van der Waals surface area contributed by atoms with Crippen LogP contribution in [0.1, 0.15) is 32.2 Å². The predicted molar refractivity (Wildman–Crippen MR) is 97.5 cm³/mol. The number of rotatable bonds is 6. The van der Waals surface area contributed by atoms with E-state index in [0.29, 0.717) is 40.5 Å². The summed E-state index contributed by atoms with van der Waals surface area (Å²) in [6, 6.07) is 7.15. The van der Waals surface area contributed by atoms with Crippen LogP contribution in [0.15, 0.2) is 24.3 Å². The first kappa shape index (κ1) is 19.0. The smallest absolute Gasteiger partial charge is 0.316 e. The van der Waals surface area contributed by atoms with Crippen LogP contribution in [0.4, 0.5) is 5.69 Å². The van der Waals surface area contributed by atoms with Gasteiger partial charge in [-0.3, -0.25) is 4.79 Å². The summed E-state index contributed by atoms with van der Waals surface area (Å²) in [4.78, 5) is 21.2. The third-order valence-corrected chi connectivity index (χ3v) is 3.75. The van der Waals surface area contributed by atoms with E-state index in [1.54, 1.807) is 52.0 Å². The molecule has 25 heavy (non-hydrogen) atoms. The lowest BCUT2D eigenvalue weighted by Crippen LogP contribution is -2.42. The Morgan fingerprint density at radius 2 is 1.72 bits per heavy atom. The third kappa shape index (κ3) is 4.82. The van der Waals surface area contributed by atoms with Crippen molar-refractivity contribution >= 4 is 23.2 Å². The molecular formula is C18H22ClN3O3. The fourth-order valence-corrected chi connectivity index (χ4v) is 2.29. The average molecular weight is 364 g/mol. The normalized spacial score (nSPS) is 11.1. The number of hydrogen-bond donors (Lipinski definition) is 1. The molecule has 1 aromatic heterocycles. The van der Waals surface area contributed by atoms with Crippen molar-refractivity contribution in [1.29, 1.82) is 0 Å². The molecule has 0 radical (unpaired) electrons. The Bertz CT molecular complexity index is 738. The molecule has 1 N–H and O–H groups in total. The Kier molecular flexibility index (Phi) is 5.85. The number of hydrogen-bond acceptors (Lipinski definition) is 5. The van der Waals surface area contributed by atoms with Crippen LogP contribution >= 0.6 is 11.6 Å². The summed E-state index contributed by atoms with van der Waals surface area (Å²) in [7, 11) is 0. The predicted octanol–water partition coefficient (Wildman–Crippen LogP) is 3.94. The van der Waals surface area contributed by atoms with Gasteiger partial charge in [0.15, 0.2) is 5.60 Å². The highest BCUT2D eigenvalue weighted by molar-refractivity contribution is 6.30.